The second kappa shape index (κ2) is 8.15. The molecule has 21 heavy (non-hydrogen) atoms. The van der Waals surface area contributed by atoms with Crippen LogP contribution in [0.25, 0.3) is 0 Å². The maximum absolute atomic E-state index is 14.0. The minimum absolute atomic E-state index is 0.0800. The molecule has 0 unspecified atom stereocenters. The van der Waals surface area contributed by atoms with Gasteiger partial charge in [0, 0.05) is 26.3 Å². The minimum atomic E-state index is -0.717. The largest absolute Gasteiger partial charge is 0.469 e. The highest BCUT2D eigenvalue weighted by molar-refractivity contribution is 5.70. The predicted molar refractivity (Wildman–Crippen MR) is 73.8 cm³/mol. The number of anilines is 1. The zero-order valence-corrected chi connectivity index (χ0v) is 11.9. The van der Waals surface area contributed by atoms with Crippen molar-refractivity contribution in [2.75, 3.05) is 38.8 Å². The summed E-state index contributed by atoms with van der Waals surface area (Å²) in [5.41, 5.74) is -0.141. The van der Waals surface area contributed by atoms with E-state index in [4.69, 9.17) is 4.74 Å². The number of carbonyl (C=O) groups is 1. The van der Waals surface area contributed by atoms with E-state index in [1.54, 1.807) is 4.90 Å². The number of benzene rings is 1. The molecule has 1 rings (SSSR count). The normalized spacial score (nSPS) is 10.2. The van der Waals surface area contributed by atoms with E-state index in [-0.39, 0.29) is 24.3 Å². The molecule has 0 aliphatic carbocycles. The first-order valence-corrected chi connectivity index (χ1v) is 6.24. The van der Waals surface area contributed by atoms with Crippen LogP contribution in [0.1, 0.15) is 6.42 Å². The molecule has 0 bridgehead atoms. The highest BCUT2D eigenvalue weighted by atomic mass is 19.1. The third-order valence-electron chi connectivity index (χ3n) is 2.86. The predicted octanol–water partition coefficient (Wildman–Crippen LogP) is 1.75. The molecule has 0 saturated carbocycles. The van der Waals surface area contributed by atoms with Gasteiger partial charge in [-0.3, -0.25) is 14.9 Å². The van der Waals surface area contributed by atoms with Gasteiger partial charge < -0.3 is 14.4 Å². The molecule has 0 amide bonds. The van der Waals surface area contributed by atoms with Crippen LogP contribution in [0, 0.1) is 15.9 Å². The van der Waals surface area contributed by atoms with E-state index in [0.717, 1.165) is 6.07 Å². The molecule has 0 N–H and O–H groups in total. The molecule has 116 valence electrons. The number of hydrogen-bond donors (Lipinski definition) is 0. The van der Waals surface area contributed by atoms with Crippen molar-refractivity contribution in [1.29, 1.82) is 0 Å². The SMILES string of the molecule is COCCN(CCC(=O)OC)c1ccc([N+](=O)[O-])cc1F. The van der Waals surface area contributed by atoms with Crippen LogP contribution in [0.5, 0.6) is 0 Å². The fourth-order valence-corrected chi connectivity index (χ4v) is 1.75. The quantitative estimate of drug-likeness (QED) is 0.413. The van der Waals surface area contributed by atoms with Crippen LogP contribution in [-0.2, 0) is 14.3 Å². The number of esters is 1. The second-order valence-corrected chi connectivity index (χ2v) is 4.20. The number of halogens is 1. The lowest BCUT2D eigenvalue weighted by atomic mass is 10.2. The summed E-state index contributed by atoms with van der Waals surface area (Å²) in [6, 6.07) is 3.39. The van der Waals surface area contributed by atoms with E-state index >= 15 is 0 Å². The molecule has 1 aromatic rings. The van der Waals surface area contributed by atoms with Gasteiger partial charge in [-0.25, -0.2) is 4.39 Å². The average molecular weight is 300 g/mol. The van der Waals surface area contributed by atoms with Crippen LogP contribution in [0.15, 0.2) is 18.2 Å². The van der Waals surface area contributed by atoms with E-state index in [1.807, 2.05) is 0 Å². The summed E-state index contributed by atoms with van der Waals surface area (Å²) >= 11 is 0. The topological polar surface area (TPSA) is 81.9 Å². The van der Waals surface area contributed by atoms with Gasteiger partial charge in [-0.2, -0.15) is 0 Å². The zero-order chi connectivity index (χ0) is 15.8. The van der Waals surface area contributed by atoms with Crippen molar-refractivity contribution < 1.29 is 23.6 Å². The van der Waals surface area contributed by atoms with Crippen molar-refractivity contribution in [2.45, 2.75) is 6.42 Å². The lowest BCUT2D eigenvalue weighted by Crippen LogP contribution is -2.30. The fraction of sp³-hybridized carbons (Fsp3) is 0.462. The molecule has 0 heterocycles. The number of hydrogen-bond acceptors (Lipinski definition) is 6. The number of nitro groups is 1. The van der Waals surface area contributed by atoms with Gasteiger partial charge in [0.2, 0.25) is 0 Å². The van der Waals surface area contributed by atoms with Crippen molar-refractivity contribution in [3.63, 3.8) is 0 Å². The maximum Gasteiger partial charge on any atom is 0.307 e. The minimum Gasteiger partial charge on any atom is -0.469 e. The molecular weight excluding hydrogens is 283 g/mol. The second-order valence-electron chi connectivity index (χ2n) is 4.20. The molecule has 1 aromatic carbocycles. The number of nitro benzene ring substituents is 1. The monoisotopic (exact) mass is 300 g/mol. The summed E-state index contributed by atoms with van der Waals surface area (Å²) in [4.78, 5) is 22.7. The number of methoxy groups -OCH3 is 2. The molecule has 0 aliphatic rings. The summed E-state index contributed by atoms with van der Waals surface area (Å²) in [7, 11) is 2.78. The van der Waals surface area contributed by atoms with Gasteiger partial charge in [0.1, 0.15) is 0 Å². The Labute approximate surface area is 121 Å². The third-order valence-corrected chi connectivity index (χ3v) is 2.86. The molecular formula is C13H17FN2O5. The van der Waals surface area contributed by atoms with Crippen molar-refractivity contribution in [1.82, 2.24) is 0 Å². The van der Waals surface area contributed by atoms with Crippen LogP contribution in [0.3, 0.4) is 0 Å². The Morgan fingerprint density at radius 1 is 1.38 bits per heavy atom. The summed E-state index contributed by atoms with van der Waals surface area (Å²) in [6.45, 7) is 0.907. The first-order chi connectivity index (χ1) is 9.99. The molecule has 0 aromatic heterocycles. The molecule has 0 aliphatic heterocycles. The van der Waals surface area contributed by atoms with Gasteiger partial charge in [0.15, 0.2) is 5.82 Å². The van der Waals surface area contributed by atoms with Crippen LogP contribution in [-0.4, -0.2) is 44.8 Å². The summed E-state index contributed by atoms with van der Waals surface area (Å²) in [6.07, 6.45) is 0.0800. The fourth-order valence-electron chi connectivity index (χ4n) is 1.75. The lowest BCUT2D eigenvalue weighted by molar-refractivity contribution is -0.385. The van der Waals surface area contributed by atoms with Gasteiger partial charge in [-0.15, -0.1) is 0 Å². The molecule has 0 fully saturated rings. The average Bonchev–Trinajstić information content (AvgIpc) is 2.47. The Morgan fingerprint density at radius 2 is 2.10 bits per heavy atom. The molecule has 0 spiro atoms. The Hall–Kier alpha value is -2.22. The van der Waals surface area contributed by atoms with E-state index in [1.165, 1.54) is 26.4 Å². The molecule has 0 atom stereocenters. The van der Waals surface area contributed by atoms with Crippen molar-refractivity contribution >= 4 is 17.3 Å². The number of rotatable bonds is 8. The first kappa shape index (κ1) is 16.8. The Kier molecular flexibility index (Phi) is 6.54. The first-order valence-electron chi connectivity index (χ1n) is 6.24. The Balaban J connectivity index is 2.91. The summed E-state index contributed by atoms with van der Waals surface area (Å²) < 4.78 is 23.5. The van der Waals surface area contributed by atoms with Crippen LogP contribution >= 0.6 is 0 Å². The van der Waals surface area contributed by atoms with Crippen LogP contribution < -0.4 is 4.90 Å². The summed E-state index contributed by atoms with van der Waals surface area (Å²) in [5, 5.41) is 10.6. The maximum atomic E-state index is 14.0. The standard InChI is InChI=1S/C13H17FN2O5/c1-20-8-7-15(6-5-13(17)21-2)12-4-3-10(16(18)19)9-11(12)14/h3-4,9H,5-8H2,1-2H3. The van der Waals surface area contributed by atoms with Gasteiger partial charge in [0.25, 0.3) is 5.69 Å². The Morgan fingerprint density at radius 3 is 2.62 bits per heavy atom. The van der Waals surface area contributed by atoms with Crippen LogP contribution in [0.4, 0.5) is 15.8 Å². The highest BCUT2D eigenvalue weighted by Crippen LogP contribution is 2.24. The van der Waals surface area contributed by atoms with Gasteiger partial charge in [0.05, 0.1) is 36.8 Å². The van der Waals surface area contributed by atoms with E-state index < -0.39 is 16.7 Å². The summed E-state index contributed by atoms with van der Waals surface area (Å²) in [5.74, 6) is -1.13. The van der Waals surface area contributed by atoms with E-state index in [2.05, 4.69) is 4.74 Å². The smallest absolute Gasteiger partial charge is 0.307 e. The Bertz CT molecular complexity index is 509. The molecule has 0 saturated heterocycles. The molecule has 0 radical (unpaired) electrons. The lowest BCUT2D eigenvalue weighted by Gasteiger charge is -2.24. The van der Waals surface area contributed by atoms with Gasteiger partial charge >= 0.3 is 5.97 Å². The number of ether oxygens (including phenoxy) is 2. The number of nitrogens with zero attached hydrogens (tertiary/aromatic N) is 2. The number of carbonyl (C=O) groups excluding carboxylic acids is 1. The van der Waals surface area contributed by atoms with Gasteiger partial charge in [-0.05, 0) is 6.07 Å². The molecule has 7 nitrogen and oxygen atoms in total. The van der Waals surface area contributed by atoms with E-state index in [0.29, 0.717) is 13.2 Å². The third kappa shape index (κ3) is 4.99. The molecule has 8 heteroatoms. The van der Waals surface area contributed by atoms with Gasteiger partial charge in [-0.1, -0.05) is 0 Å². The van der Waals surface area contributed by atoms with Crippen molar-refractivity contribution in [3.8, 4) is 0 Å². The van der Waals surface area contributed by atoms with Crippen molar-refractivity contribution in [2.24, 2.45) is 0 Å². The highest BCUT2D eigenvalue weighted by Gasteiger charge is 2.16. The van der Waals surface area contributed by atoms with Crippen LogP contribution in [0.2, 0.25) is 0 Å². The van der Waals surface area contributed by atoms with Crippen molar-refractivity contribution in [3.05, 3.63) is 34.1 Å². The zero-order valence-electron chi connectivity index (χ0n) is 11.9. The number of non-ortho nitro benzene ring substituents is 1. The van der Waals surface area contributed by atoms with E-state index in [9.17, 15) is 19.3 Å².